The lowest BCUT2D eigenvalue weighted by atomic mass is 10.2. The summed E-state index contributed by atoms with van der Waals surface area (Å²) in [6.07, 6.45) is -8.66. The minimum Gasteiger partial charge on any atom is -0.305 e. The van der Waals surface area contributed by atoms with E-state index in [1.165, 1.54) is 24.3 Å². The minimum atomic E-state index is -4.99. The number of hydrogen-bond acceptors (Lipinski definition) is 3. The highest BCUT2D eigenvalue weighted by Gasteiger charge is 2.41. The number of hydrogen-bond donors (Lipinski definition) is 1. The lowest BCUT2D eigenvalue weighted by Gasteiger charge is -2.13. The van der Waals surface area contributed by atoms with Gasteiger partial charge in [-0.2, -0.15) is 31.4 Å². The fraction of sp³-hybridized carbons (Fsp3) is 0.118. The Hall–Kier alpha value is -2.79. The zero-order chi connectivity index (χ0) is 22.3. The molecule has 2 heterocycles. The number of amides is 1. The number of benzene rings is 1. The third-order valence-corrected chi connectivity index (χ3v) is 4.29. The monoisotopic (exact) mass is 468 g/mol. The zero-order valence-corrected chi connectivity index (χ0v) is 15.8. The van der Waals surface area contributed by atoms with Crippen LogP contribution >= 0.6 is 23.2 Å². The normalized spacial score (nSPS) is 12.1. The topological polar surface area (TPSA) is 59.8 Å². The fourth-order valence-electron chi connectivity index (χ4n) is 2.43. The van der Waals surface area contributed by atoms with E-state index in [2.05, 4.69) is 10.1 Å². The molecule has 2 aromatic heterocycles. The van der Waals surface area contributed by atoms with Gasteiger partial charge in [-0.05, 0) is 30.3 Å². The smallest absolute Gasteiger partial charge is 0.305 e. The molecule has 30 heavy (non-hydrogen) atoms. The van der Waals surface area contributed by atoms with Crippen LogP contribution in [-0.2, 0) is 12.4 Å². The lowest BCUT2D eigenvalue weighted by Crippen LogP contribution is -2.21. The molecule has 0 unspecified atom stereocenters. The predicted molar refractivity (Wildman–Crippen MR) is 95.8 cm³/mol. The molecule has 0 saturated heterocycles. The number of rotatable bonds is 3. The summed E-state index contributed by atoms with van der Waals surface area (Å²) in [7, 11) is 0. The third-order valence-electron chi connectivity index (χ3n) is 3.75. The number of carbonyl (C=O) groups excluding carboxylic acids is 1. The van der Waals surface area contributed by atoms with Crippen LogP contribution in [0.3, 0.4) is 0 Å². The van der Waals surface area contributed by atoms with Crippen LogP contribution in [0.5, 0.6) is 0 Å². The van der Waals surface area contributed by atoms with E-state index in [0.717, 1.165) is 0 Å². The van der Waals surface area contributed by atoms with Crippen LogP contribution in [0, 0.1) is 0 Å². The molecule has 158 valence electrons. The Morgan fingerprint density at radius 3 is 2.13 bits per heavy atom. The molecule has 13 heteroatoms. The molecule has 0 fully saturated rings. The molecule has 1 aromatic carbocycles. The van der Waals surface area contributed by atoms with Crippen LogP contribution < -0.4 is 5.32 Å². The number of anilines is 1. The number of alkyl halides is 6. The van der Waals surface area contributed by atoms with E-state index >= 15 is 0 Å². The first-order valence-electron chi connectivity index (χ1n) is 7.83. The predicted octanol–water partition coefficient (Wildman–Crippen LogP) is 5.86. The van der Waals surface area contributed by atoms with Crippen LogP contribution in [0.2, 0.25) is 10.0 Å². The molecule has 5 nitrogen and oxygen atoms in total. The molecule has 1 N–H and O–H groups in total. The maximum atomic E-state index is 13.6. The van der Waals surface area contributed by atoms with Gasteiger partial charge < -0.3 is 5.32 Å². The Balaban J connectivity index is 1.98. The van der Waals surface area contributed by atoms with E-state index < -0.39 is 45.9 Å². The Labute approximate surface area is 174 Å². The van der Waals surface area contributed by atoms with E-state index in [-0.39, 0.29) is 10.7 Å². The van der Waals surface area contributed by atoms with Gasteiger partial charge in [0.05, 0.1) is 28.0 Å². The second-order valence-corrected chi connectivity index (χ2v) is 6.64. The van der Waals surface area contributed by atoms with E-state index in [9.17, 15) is 31.1 Å². The first-order valence-corrected chi connectivity index (χ1v) is 8.59. The second kappa shape index (κ2) is 7.80. The van der Waals surface area contributed by atoms with Crippen molar-refractivity contribution in [2.75, 3.05) is 5.32 Å². The summed E-state index contributed by atoms with van der Waals surface area (Å²) in [5, 5.41) is 5.25. The van der Waals surface area contributed by atoms with Gasteiger partial charge in [0.2, 0.25) is 0 Å². The van der Waals surface area contributed by atoms with Crippen molar-refractivity contribution in [2.45, 2.75) is 12.4 Å². The highest BCUT2D eigenvalue weighted by molar-refractivity contribution is 6.33. The van der Waals surface area contributed by atoms with Crippen molar-refractivity contribution in [1.82, 2.24) is 14.8 Å². The standard InChI is InChI=1S/C17H8Cl2F6N4O/c18-9-1-3-10(4-2-9)29-13(17(23,24)25)11(7-27-29)15(30)28-14-12(19)5-8(6-26-14)16(20,21)22/h1-7H,(H,26,28,30). The molecular formula is C17H8Cl2F6N4O. The second-order valence-electron chi connectivity index (χ2n) is 5.80. The highest BCUT2D eigenvalue weighted by atomic mass is 35.5. The summed E-state index contributed by atoms with van der Waals surface area (Å²) in [5.74, 6) is -1.85. The number of halogens is 8. The Bertz CT molecular complexity index is 1090. The first-order chi connectivity index (χ1) is 13.9. The zero-order valence-electron chi connectivity index (χ0n) is 14.3. The number of nitrogens with zero attached hydrogens (tertiary/aromatic N) is 3. The number of carbonyl (C=O) groups is 1. The van der Waals surface area contributed by atoms with E-state index in [1.54, 1.807) is 0 Å². The average Bonchev–Trinajstić information content (AvgIpc) is 3.09. The van der Waals surface area contributed by atoms with Crippen molar-refractivity contribution in [3.05, 3.63) is 69.6 Å². The SMILES string of the molecule is O=C(Nc1ncc(C(F)(F)F)cc1Cl)c1cnn(-c2ccc(Cl)cc2)c1C(F)(F)F. The van der Waals surface area contributed by atoms with E-state index in [4.69, 9.17) is 23.2 Å². The van der Waals surface area contributed by atoms with Crippen LogP contribution in [0.1, 0.15) is 21.6 Å². The van der Waals surface area contributed by atoms with Crippen molar-refractivity contribution in [1.29, 1.82) is 0 Å². The van der Waals surface area contributed by atoms with Gasteiger partial charge >= 0.3 is 12.4 Å². The van der Waals surface area contributed by atoms with Crippen molar-refractivity contribution in [2.24, 2.45) is 0 Å². The molecule has 0 aliphatic heterocycles. The first kappa shape index (κ1) is 21.9. The Morgan fingerprint density at radius 1 is 0.967 bits per heavy atom. The van der Waals surface area contributed by atoms with Gasteiger partial charge in [-0.3, -0.25) is 4.79 Å². The maximum absolute atomic E-state index is 13.6. The maximum Gasteiger partial charge on any atom is 0.434 e. The van der Waals surface area contributed by atoms with Gasteiger partial charge in [0, 0.05) is 11.2 Å². The average molecular weight is 469 g/mol. The third kappa shape index (κ3) is 4.51. The molecule has 0 saturated carbocycles. The Kier molecular flexibility index (Phi) is 5.70. The van der Waals surface area contributed by atoms with Gasteiger partial charge in [0.15, 0.2) is 11.5 Å². The van der Waals surface area contributed by atoms with E-state index in [1.807, 2.05) is 5.32 Å². The molecule has 3 rings (SSSR count). The van der Waals surface area contributed by atoms with Crippen LogP contribution in [0.25, 0.3) is 5.69 Å². The van der Waals surface area contributed by atoms with Crippen molar-refractivity contribution in [3.8, 4) is 5.69 Å². The van der Waals surface area contributed by atoms with Gasteiger partial charge in [-0.25, -0.2) is 9.67 Å². The fourth-order valence-corrected chi connectivity index (χ4v) is 2.76. The van der Waals surface area contributed by atoms with Gasteiger partial charge in [-0.15, -0.1) is 0 Å². The van der Waals surface area contributed by atoms with Crippen molar-refractivity contribution >= 4 is 34.9 Å². The molecule has 0 atom stereocenters. The molecule has 0 aliphatic carbocycles. The summed E-state index contributed by atoms with van der Waals surface area (Å²) in [6.45, 7) is 0. The molecule has 1 amide bonds. The highest BCUT2D eigenvalue weighted by Crippen LogP contribution is 2.35. The quantitative estimate of drug-likeness (QED) is 0.489. The number of nitrogens with one attached hydrogen (secondary N) is 1. The Morgan fingerprint density at radius 2 is 1.60 bits per heavy atom. The molecule has 0 bridgehead atoms. The van der Waals surface area contributed by atoms with Crippen molar-refractivity contribution in [3.63, 3.8) is 0 Å². The summed E-state index contributed by atoms with van der Waals surface area (Å²) in [4.78, 5) is 15.8. The van der Waals surface area contributed by atoms with E-state index in [0.29, 0.717) is 23.1 Å². The molecular weight excluding hydrogens is 461 g/mol. The van der Waals surface area contributed by atoms with Crippen LogP contribution in [-0.4, -0.2) is 20.7 Å². The van der Waals surface area contributed by atoms with Gasteiger partial charge in [0.1, 0.15) is 0 Å². The van der Waals surface area contributed by atoms with Gasteiger partial charge in [0.25, 0.3) is 5.91 Å². The van der Waals surface area contributed by atoms with Crippen LogP contribution in [0.15, 0.2) is 42.7 Å². The summed E-state index contributed by atoms with van der Waals surface area (Å²) < 4.78 is 79.4. The lowest BCUT2D eigenvalue weighted by molar-refractivity contribution is -0.143. The number of aromatic nitrogens is 3. The molecule has 3 aromatic rings. The molecule has 0 spiro atoms. The van der Waals surface area contributed by atoms with Crippen LogP contribution in [0.4, 0.5) is 32.2 Å². The molecule has 0 aliphatic rings. The summed E-state index contributed by atoms with van der Waals surface area (Å²) in [6, 6.07) is 5.70. The summed E-state index contributed by atoms with van der Waals surface area (Å²) >= 11 is 11.4. The van der Waals surface area contributed by atoms with Crippen molar-refractivity contribution < 1.29 is 31.1 Å². The summed E-state index contributed by atoms with van der Waals surface area (Å²) in [5.41, 5.74) is -3.48. The van der Waals surface area contributed by atoms with Gasteiger partial charge in [-0.1, -0.05) is 23.2 Å². The number of pyridine rings is 1. The molecule has 0 radical (unpaired) electrons. The largest absolute Gasteiger partial charge is 0.434 e. The minimum absolute atomic E-state index is 0.0172.